The van der Waals surface area contributed by atoms with Gasteiger partial charge in [0.2, 0.25) is 11.9 Å². The standard InChI is InChI=1S/C5H6N2O3/c8-3-4-1-6-5(9)2-7(4)10/h1-2,8H,3H2,(H,6,9). The maximum atomic E-state index is 10.6. The third-order valence-electron chi connectivity index (χ3n) is 1.06. The van der Waals surface area contributed by atoms with Crippen LogP contribution in [-0.4, -0.2) is 10.1 Å². The first-order chi connectivity index (χ1) is 4.74. The van der Waals surface area contributed by atoms with Crippen molar-refractivity contribution in [1.29, 1.82) is 0 Å². The van der Waals surface area contributed by atoms with E-state index in [9.17, 15) is 10.0 Å². The van der Waals surface area contributed by atoms with Gasteiger partial charge < -0.3 is 15.3 Å². The molecule has 0 amide bonds. The van der Waals surface area contributed by atoms with Crippen molar-refractivity contribution in [1.82, 2.24) is 4.98 Å². The lowest BCUT2D eigenvalue weighted by Crippen LogP contribution is -2.36. The van der Waals surface area contributed by atoms with Gasteiger partial charge in [0.15, 0.2) is 0 Å². The number of hydrogen-bond donors (Lipinski definition) is 2. The zero-order chi connectivity index (χ0) is 7.56. The molecule has 2 N–H and O–H groups in total. The number of nitrogens with zero attached hydrogens (tertiary/aromatic N) is 1. The van der Waals surface area contributed by atoms with E-state index in [0.717, 1.165) is 6.20 Å². The topological polar surface area (TPSA) is 80.0 Å². The first-order valence-corrected chi connectivity index (χ1v) is 2.65. The van der Waals surface area contributed by atoms with Gasteiger partial charge in [-0.1, -0.05) is 0 Å². The SMILES string of the molecule is O=c1c[n+]([O-])c(CO)c[nH]1. The van der Waals surface area contributed by atoms with Crippen molar-refractivity contribution in [2.24, 2.45) is 0 Å². The van der Waals surface area contributed by atoms with Crippen molar-refractivity contribution in [3.05, 3.63) is 33.6 Å². The van der Waals surface area contributed by atoms with Crippen LogP contribution in [0.2, 0.25) is 0 Å². The second-order valence-corrected chi connectivity index (χ2v) is 1.76. The zero-order valence-electron chi connectivity index (χ0n) is 5.07. The molecule has 1 aromatic heterocycles. The van der Waals surface area contributed by atoms with Gasteiger partial charge in [0.1, 0.15) is 6.61 Å². The van der Waals surface area contributed by atoms with Crippen LogP contribution in [0.3, 0.4) is 0 Å². The fourth-order valence-corrected chi connectivity index (χ4v) is 0.560. The third-order valence-corrected chi connectivity index (χ3v) is 1.06. The summed E-state index contributed by atoms with van der Waals surface area (Å²) in [5, 5.41) is 19.1. The molecule has 10 heavy (non-hydrogen) atoms. The highest BCUT2D eigenvalue weighted by molar-refractivity contribution is 4.84. The Morgan fingerprint density at radius 1 is 1.80 bits per heavy atom. The number of aliphatic hydroxyl groups is 1. The fourth-order valence-electron chi connectivity index (χ4n) is 0.560. The molecule has 0 spiro atoms. The minimum Gasteiger partial charge on any atom is -0.618 e. The Balaban J connectivity index is 3.19. The van der Waals surface area contributed by atoms with Gasteiger partial charge in [0, 0.05) is 0 Å². The first-order valence-electron chi connectivity index (χ1n) is 2.65. The molecular weight excluding hydrogens is 136 g/mol. The van der Waals surface area contributed by atoms with Crippen LogP contribution >= 0.6 is 0 Å². The van der Waals surface area contributed by atoms with E-state index in [4.69, 9.17) is 5.11 Å². The summed E-state index contributed by atoms with van der Waals surface area (Å²) in [4.78, 5) is 12.7. The second kappa shape index (κ2) is 2.49. The van der Waals surface area contributed by atoms with E-state index >= 15 is 0 Å². The molecule has 1 rings (SSSR count). The number of hydrogen-bond acceptors (Lipinski definition) is 3. The van der Waals surface area contributed by atoms with Crippen molar-refractivity contribution in [2.75, 3.05) is 0 Å². The van der Waals surface area contributed by atoms with Crippen LogP contribution in [0.1, 0.15) is 5.69 Å². The zero-order valence-corrected chi connectivity index (χ0v) is 5.07. The third kappa shape index (κ3) is 1.14. The Kier molecular flexibility index (Phi) is 1.68. The van der Waals surface area contributed by atoms with Crippen molar-refractivity contribution < 1.29 is 9.84 Å². The molecule has 54 valence electrons. The van der Waals surface area contributed by atoms with E-state index in [1.54, 1.807) is 0 Å². The number of H-pyrrole nitrogens is 1. The number of aliphatic hydroxyl groups excluding tert-OH is 1. The molecule has 0 saturated heterocycles. The summed E-state index contributed by atoms with van der Waals surface area (Å²) in [6, 6.07) is 0. The summed E-state index contributed by atoms with van der Waals surface area (Å²) in [6.45, 7) is -0.375. The van der Waals surface area contributed by atoms with Crippen molar-refractivity contribution in [3.8, 4) is 0 Å². The van der Waals surface area contributed by atoms with Crippen molar-refractivity contribution in [2.45, 2.75) is 6.61 Å². The van der Waals surface area contributed by atoms with Gasteiger partial charge >= 0.3 is 5.56 Å². The minimum atomic E-state index is -0.479. The van der Waals surface area contributed by atoms with Crippen LogP contribution in [0.15, 0.2) is 17.2 Å². The Labute approximate surface area is 56.1 Å². The van der Waals surface area contributed by atoms with E-state index in [1.807, 2.05) is 0 Å². The summed E-state index contributed by atoms with van der Waals surface area (Å²) in [5.41, 5.74) is -0.355. The lowest BCUT2D eigenvalue weighted by atomic mass is 10.5. The summed E-state index contributed by atoms with van der Waals surface area (Å²) < 4.78 is 0.332. The predicted molar refractivity (Wildman–Crippen MR) is 31.9 cm³/mol. The maximum absolute atomic E-state index is 10.6. The molecule has 5 heteroatoms. The van der Waals surface area contributed by atoms with Crippen molar-refractivity contribution in [3.63, 3.8) is 0 Å². The Morgan fingerprint density at radius 3 is 3.00 bits per heavy atom. The summed E-state index contributed by atoms with van der Waals surface area (Å²) >= 11 is 0. The summed E-state index contributed by atoms with van der Waals surface area (Å²) in [6.07, 6.45) is 2.00. The van der Waals surface area contributed by atoms with E-state index in [2.05, 4.69) is 4.98 Å². The molecule has 0 fully saturated rings. The Bertz CT molecular complexity index is 280. The van der Waals surface area contributed by atoms with Crippen LogP contribution in [0.5, 0.6) is 0 Å². The van der Waals surface area contributed by atoms with Gasteiger partial charge in [0.25, 0.3) is 0 Å². The first kappa shape index (κ1) is 6.76. The molecule has 0 bridgehead atoms. The Morgan fingerprint density at radius 2 is 2.50 bits per heavy atom. The highest BCUT2D eigenvalue weighted by Gasteiger charge is 2.01. The van der Waals surface area contributed by atoms with Gasteiger partial charge in [-0.15, -0.1) is 0 Å². The molecule has 0 aliphatic heterocycles. The van der Waals surface area contributed by atoms with Crippen molar-refractivity contribution >= 4 is 0 Å². The average molecular weight is 142 g/mol. The van der Waals surface area contributed by atoms with Gasteiger partial charge in [-0.2, -0.15) is 4.73 Å². The quantitative estimate of drug-likeness (QED) is 0.370. The highest BCUT2D eigenvalue weighted by Crippen LogP contribution is 1.80. The lowest BCUT2D eigenvalue weighted by molar-refractivity contribution is -0.617. The van der Waals surface area contributed by atoms with Gasteiger partial charge in [-0.05, 0) is 0 Å². The normalized spacial score (nSPS) is 9.70. The number of rotatable bonds is 1. The maximum Gasteiger partial charge on any atom is 0.313 e. The van der Waals surface area contributed by atoms with E-state index in [0.29, 0.717) is 4.73 Å². The average Bonchev–Trinajstić information content (AvgIpc) is 1.88. The number of nitrogens with one attached hydrogen (secondary N) is 1. The molecule has 0 unspecified atom stereocenters. The highest BCUT2D eigenvalue weighted by atomic mass is 16.5. The largest absolute Gasteiger partial charge is 0.618 e. The molecule has 0 aliphatic carbocycles. The molecular formula is C5H6N2O3. The molecule has 0 aromatic carbocycles. The smallest absolute Gasteiger partial charge is 0.313 e. The summed E-state index contributed by atoms with van der Waals surface area (Å²) in [5.74, 6) is 0. The second-order valence-electron chi connectivity index (χ2n) is 1.76. The monoisotopic (exact) mass is 142 g/mol. The van der Waals surface area contributed by atoms with Gasteiger partial charge in [0.05, 0.1) is 6.20 Å². The molecule has 0 aliphatic rings. The van der Waals surface area contributed by atoms with Crippen LogP contribution in [0.25, 0.3) is 0 Å². The van der Waals surface area contributed by atoms with Gasteiger partial charge in [-0.3, -0.25) is 4.79 Å². The lowest BCUT2D eigenvalue weighted by Gasteiger charge is -1.97. The Hall–Kier alpha value is -1.36. The number of aromatic nitrogens is 2. The van der Waals surface area contributed by atoms with Crippen LogP contribution in [0.4, 0.5) is 0 Å². The fraction of sp³-hybridized carbons (Fsp3) is 0.200. The molecule has 0 radical (unpaired) electrons. The van der Waals surface area contributed by atoms with E-state index in [1.165, 1.54) is 6.20 Å². The van der Waals surface area contributed by atoms with Crippen LogP contribution < -0.4 is 10.3 Å². The minimum absolute atomic E-state index is 0.125. The molecule has 5 nitrogen and oxygen atoms in total. The number of aromatic amines is 1. The molecule has 1 heterocycles. The van der Waals surface area contributed by atoms with Gasteiger partial charge in [-0.25, -0.2) is 0 Å². The van der Waals surface area contributed by atoms with E-state index < -0.39 is 5.56 Å². The molecule has 0 atom stereocenters. The predicted octanol–water partition coefficient (Wildman–Crippen LogP) is -1.50. The summed E-state index contributed by atoms with van der Waals surface area (Å²) in [7, 11) is 0. The van der Waals surface area contributed by atoms with Crippen LogP contribution in [0, 0.1) is 5.21 Å². The van der Waals surface area contributed by atoms with Crippen LogP contribution in [-0.2, 0) is 6.61 Å². The molecule has 0 saturated carbocycles. The van der Waals surface area contributed by atoms with E-state index in [-0.39, 0.29) is 12.3 Å². The molecule has 1 aromatic rings.